The predicted molar refractivity (Wildman–Crippen MR) is 62.4 cm³/mol. The Labute approximate surface area is 105 Å². The van der Waals surface area contributed by atoms with Crippen LogP contribution in [0.4, 0.5) is 0 Å². The van der Waals surface area contributed by atoms with Gasteiger partial charge in [-0.05, 0) is 0 Å². The molecular formula is C8H6I3O-. The number of hydrogen-bond acceptors (Lipinski definition) is 1. The van der Waals surface area contributed by atoms with Crippen LogP contribution in [0.25, 0.3) is 0 Å². The molecule has 0 aliphatic rings. The van der Waals surface area contributed by atoms with Gasteiger partial charge in [0.2, 0.25) is 0 Å². The zero-order chi connectivity index (χ0) is 8.97. The summed E-state index contributed by atoms with van der Waals surface area (Å²) in [5.74, 6) is 0.286. The fraction of sp³-hybridized carbons (Fsp3) is 0.125. The second-order valence-corrected chi connectivity index (χ2v) is 8.62. The summed E-state index contributed by atoms with van der Waals surface area (Å²) in [6, 6.07) is 7.75. The van der Waals surface area contributed by atoms with Crippen molar-refractivity contribution in [3.63, 3.8) is 0 Å². The molecule has 0 aliphatic heterocycles. The molecule has 12 heavy (non-hydrogen) atoms. The van der Waals surface area contributed by atoms with Crippen LogP contribution in [0, 0.1) is 3.57 Å². The van der Waals surface area contributed by atoms with Crippen LogP contribution in [0.15, 0.2) is 24.3 Å². The van der Waals surface area contributed by atoms with E-state index < -0.39 is 0 Å². The molecule has 0 fully saturated rings. The maximum absolute atomic E-state index is 11.4. The fourth-order valence-corrected chi connectivity index (χ4v) is 3.58. The van der Waals surface area contributed by atoms with E-state index in [0.29, 0.717) is 0 Å². The Morgan fingerprint density at radius 3 is 2.42 bits per heavy atom. The van der Waals surface area contributed by atoms with Gasteiger partial charge in [0.1, 0.15) is 0 Å². The topological polar surface area (TPSA) is 17.1 Å². The zero-order valence-electron chi connectivity index (χ0n) is 6.06. The van der Waals surface area contributed by atoms with Crippen molar-refractivity contribution in [1.82, 2.24) is 0 Å². The van der Waals surface area contributed by atoms with Crippen molar-refractivity contribution >= 4 is 47.0 Å². The molecule has 1 nitrogen and oxygen atoms in total. The number of ketones is 1. The summed E-state index contributed by atoms with van der Waals surface area (Å²) in [5.41, 5.74) is 0.854. The van der Waals surface area contributed by atoms with Crippen LogP contribution in [0.2, 0.25) is 0 Å². The Bertz CT molecular complexity index is 268. The first kappa shape index (κ1) is 11.2. The Balaban J connectivity index is 2.75. The Hall–Kier alpha value is 1.08. The van der Waals surface area contributed by atoms with Crippen molar-refractivity contribution in [2.75, 3.05) is 4.43 Å². The van der Waals surface area contributed by atoms with Gasteiger partial charge in [-0.2, -0.15) is 0 Å². The van der Waals surface area contributed by atoms with Crippen LogP contribution in [0.5, 0.6) is 0 Å². The molecule has 1 aromatic rings. The summed E-state index contributed by atoms with van der Waals surface area (Å²) >= 11 is 4.61. The molecule has 0 unspecified atom stereocenters. The van der Waals surface area contributed by atoms with Crippen LogP contribution < -0.4 is 17.2 Å². The fourth-order valence-electron chi connectivity index (χ4n) is 0.759. The van der Waals surface area contributed by atoms with Gasteiger partial charge in [0.05, 0.1) is 0 Å². The molecule has 4 heteroatoms. The van der Waals surface area contributed by atoms with E-state index in [1.807, 2.05) is 24.3 Å². The summed E-state index contributed by atoms with van der Waals surface area (Å²) in [6.07, 6.45) is 0. The molecule has 0 heterocycles. The number of Topliss-reactive ketones (excluding diaryl/α,β-unsaturated/α-hetero) is 1. The van der Waals surface area contributed by atoms with E-state index in [1.165, 1.54) is 3.57 Å². The van der Waals surface area contributed by atoms with Crippen LogP contribution in [-0.2, 0) is 0 Å². The first-order chi connectivity index (χ1) is 5.74. The number of benzene rings is 1. The van der Waals surface area contributed by atoms with Gasteiger partial charge in [0, 0.05) is 0 Å². The van der Waals surface area contributed by atoms with E-state index in [4.69, 9.17) is 0 Å². The minimum absolute atomic E-state index is 0.0521. The van der Waals surface area contributed by atoms with Gasteiger partial charge in [-0.3, -0.25) is 0 Å². The van der Waals surface area contributed by atoms with E-state index >= 15 is 0 Å². The molecule has 0 bridgehead atoms. The van der Waals surface area contributed by atoms with Crippen molar-refractivity contribution in [3.05, 3.63) is 33.4 Å². The third-order valence-electron chi connectivity index (χ3n) is 1.34. The van der Waals surface area contributed by atoms with E-state index in [1.54, 1.807) is 0 Å². The van der Waals surface area contributed by atoms with Gasteiger partial charge in [0.25, 0.3) is 0 Å². The maximum atomic E-state index is 11.4. The molecule has 0 aliphatic carbocycles. The van der Waals surface area contributed by atoms with Crippen molar-refractivity contribution < 1.29 is 22.0 Å². The summed E-state index contributed by atoms with van der Waals surface area (Å²) < 4.78 is 1.92. The summed E-state index contributed by atoms with van der Waals surface area (Å²) in [7, 11) is 0. The van der Waals surface area contributed by atoms with Crippen LogP contribution in [-0.4, -0.2) is 10.2 Å². The molecule has 0 spiro atoms. The van der Waals surface area contributed by atoms with Crippen LogP contribution in [0.1, 0.15) is 10.4 Å². The first-order valence-corrected chi connectivity index (χ1v) is 12.1. The van der Waals surface area contributed by atoms with E-state index in [0.717, 1.165) is 9.99 Å². The molecule has 0 aromatic heterocycles. The third-order valence-corrected chi connectivity index (χ3v) is 4.97. The number of rotatable bonds is 3. The molecule has 0 atom stereocenters. The first-order valence-electron chi connectivity index (χ1n) is 3.23. The minimum atomic E-state index is 0.0521. The van der Waals surface area contributed by atoms with E-state index in [-0.39, 0.29) is 23.0 Å². The van der Waals surface area contributed by atoms with E-state index in [9.17, 15) is 4.79 Å². The zero-order valence-corrected chi connectivity index (χ0v) is 12.5. The summed E-state index contributed by atoms with van der Waals surface area (Å²) in [5, 5.41) is 0. The molecule has 0 N–H and O–H groups in total. The van der Waals surface area contributed by atoms with Gasteiger partial charge in [-0.25, -0.2) is 0 Å². The second kappa shape index (κ2) is 5.74. The Morgan fingerprint density at radius 1 is 1.33 bits per heavy atom. The van der Waals surface area contributed by atoms with Crippen LogP contribution >= 0.6 is 41.2 Å². The molecule has 1 rings (SSSR count). The monoisotopic (exact) mass is 499 g/mol. The molecule has 0 saturated heterocycles. The molecule has 0 saturated carbocycles. The molecule has 0 amide bonds. The van der Waals surface area contributed by atoms with Crippen molar-refractivity contribution in [2.45, 2.75) is 0 Å². The van der Waals surface area contributed by atoms with Crippen molar-refractivity contribution in [3.8, 4) is 0 Å². The number of carbonyl (C=O) groups excluding carboxylic acids is 1. The number of hydrogen-bond donors (Lipinski definition) is 0. The second-order valence-electron chi connectivity index (χ2n) is 2.16. The molecule has 1 aromatic carbocycles. The average Bonchev–Trinajstić information content (AvgIpc) is 2.06. The number of halogens is 3. The Kier molecular flexibility index (Phi) is 5.33. The SMILES string of the molecule is O=C(C[I-]I)c1ccc(I)cc1. The number of carbonyl (C=O) groups is 1. The normalized spacial score (nSPS) is 10.2. The predicted octanol–water partition coefficient (Wildman–Crippen LogP) is -0.0871. The summed E-state index contributed by atoms with van der Waals surface area (Å²) in [4.78, 5) is 11.4. The van der Waals surface area contributed by atoms with Crippen LogP contribution in [0.3, 0.4) is 0 Å². The third kappa shape index (κ3) is 3.44. The molecule has 66 valence electrons. The van der Waals surface area contributed by atoms with Gasteiger partial charge in [0.15, 0.2) is 0 Å². The van der Waals surface area contributed by atoms with Gasteiger partial charge < -0.3 is 0 Å². The van der Waals surface area contributed by atoms with E-state index in [2.05, 4.69) is 41.2 Å². The van der Waals surface area contributed by atoms with Gasteiger partial charge in [-0.1, -0.05) is 0 Å². The molecular weight excluding hydrogens is 493 g/mol. The van der Waals surface area contributed by atoms with Gasteiger partial charge >= 0.3 is 107 Å². The van der Waals surface area contributed by atoms with Gasteiger partial charge in [-0.15, -0.1) is 0 Å². The summed E-state index contributed by atoms with van der Waals surface area (Å²) in [6.45, 7) is 0. The Morgan fingerprint density at radius 2 is 1.92 bits per heavy atom. The molecule has 0 radical (unpaired) electrons. The number of alkyl halides is 1. The quantitative estimate of drug-likeness (QED) is 0.324. The standard InChI is InChI=1S/C8H6I3O/c9-7-3-1-6(2-4-7)8(12)5-11-10/h1-4H,5H2/q-1. The van der Waals surface area contributed by atoms with Crippen molar-refractivity contribution in [2.24, 2.45) is 0 Å². The average molecular weight is 499 g/mol. The van der Waals surface area contributed by atoms with Crippen molar-refractivity contribution in [1.29, 1.82) is 0 Å².